The third kappa shape index (κ3) is 3.63. The molecule has 1 aliphatic heterocycles. The van der Waals surface area contributed by atoms with Gasteiger partial charge in [-0.1, -0.05) is 18.2 Å². The third-order valence-corrected chi connectivity index (χ3v) is 3.70. The molecule has 2 aromatic carbocycles. The van der Waals surface area contributed by atoms with Crippen LogP contribution in [0.2, 0.25) is 0 Å². The first-order valence-electron chi connectivity index (χ1n) is 7.85. The van der Waals surface area contributed by atoms with Crippen molar-refractivity contribution in [3.8, 4) is 11.5 Å². The number of hydrogen-bond donors (Lipinski definition) is 2. The summed E-state index contributed by atoms with van der Waals surface area (Å²) in [5, 5.41) is 3.12. The molecule has 0 amide bonds. The van der Waals surface area contributed by atoms with Crippen molar-refractivity contribution in [2.24, 2.45) is 10.7 Å². The predicted molar refractivity (Wildman–Crippen MR) is 95.1 cm³/mol. The van der Waals surface area contributed by atoms with E-state index in [0.29, 0.717) is 29.4 Å². The van der Waals surface area contributed by atoms with Gasteiger partial charge in [-0.2, -0.15) is 0 Å². The second kappa shape index (κ2) is 7.46. The minimum atomic E-state index is 0.395. The highest BCUT2D eigenvalue weighted by atomic mass is 16.5. The van der Waals surface area contributed by atoms with Crippen molar-refractivity contribution in [3.05, 3.63) is 65.7 Å². The van der Waals surface area contributed by atoms with Crippen LogP contribution in [0.3, 0.4) is 0 Å². The van der Waals surface area contributed by atoms with Crippen molar-refractivity contribution in [3.63, 3.8) is 0 Å². The number of para-hydroxylation sites is 1. The number of benzene rings is 2. The van der Waals surface area contributed by atoms with Gasteiger partial charge >= 0.3 is 0 Å². The van der Waals surface area contributed by atoms with Crippen molar-refractivity contribution in [2.75, 3.05) is 13.1 Å². The molecule has 5 nitrogen and oxygen atoms in total. The highest BCUT2D eigenvalue weighted by molar-refractivity contribution is 6.19. The minimum absolute atomic E-state index is 0.395. The van der Waals surface area contributed by atoms with Crippen LogP contribution >= 0.6 is 0 Å². The quantitative estimate of drug-likeness (QED) is 0.656. The summed E-state index contributed by atoms with van der Waals surface area (Å²) in [7, 11) is 0. The van der Waals surface area contributed by atoms with Crippen LogP contribution < -0.4 is 15.8 Å². The molecule has 1 heterocycles. The van der Waals surface area contributed by atoms with Crippen LogP contribution in [0.5, 0.6) is 11.5 Å². The van der Waals surface area contributed by atoms with Gasteiger partial charge in [0.05, 0.1) is 11.3 Å². The Bertz CT molecular complexity index is 765. The summed E-state index contributed by atoms with van der Waals surface area (Å²) in [5.41, 5.74) is 7.73. The minimum Gasteiger partial charge on any atom is -0.457 e. The van der Waals surface area contributed by atoms with Gasteiger partial charge in [-0.25, -0.2) is 0 Å². The molecule has 3 rings (SSSR count). The number of nitrogens with two attached hydrogens (primary N) is 1. The lowest BCUT2D eigenvalue weighted by molar-refractivity contribution is -0.104. The highest BCUT2D eigenvalue weighted by Crippen LogP contribution is 2.23. The van der Waals surface area contributed by atoms with Crippen LogP contribution in [0.25, 0.3) is 5.70 Å². The molecule has 0 spiro atoms. The average molecular weight is 321 g/mol. The summed E-state index contributed by atoms with van der Waals surface area (Å²) in [5.74, 6) is 2.04. The van der Waals surface area contributed by atoms with Gasteiger partial charge in [-0.05, 0) is 48.4 Å². The molecule has 0 radical (unpaired) electrons. The van der Waals surface area contributed by atoms with Gasteiger partial charge in [0, 0.05) is 13.1 Å². The van der Waals surface area contributed by atoms with Crippen molar-refractivity contribution in [1.82, 2.24) is 5.32 Å². The van der Waals surface area contributed by atoms with E-state index in [2.05, 4.69) is 10.3 Å². The van der Waals surface area contributed by atoms with Gasteiger partial charge in [-0.3, -0.25) is 9.79 Å². The smallest absolute Gasteiger partial charge is 0.155 e. The first-order valence-corrected chi connectivity index (χ1v) is 7.85. The largest absolute Gasteiger partial charge is 0.457 e. The Balaban J connectivity index is 1.82. The summed E-state index contributed by atoms with van der Waals surface area (Å²) >= 11 is 0. The lowest BCUT2D eigenvalue weighted by Crippen LogP contribution is -2.32. The maximum Gasteiger partial charge on any atom is 0.155 e. The lowest BCUT2D eigenvalue weighted by Gasteiger charge is -2.16. The molecule has 0 aliphatic carbocycles. The number of ether oxygens (including phenoxy) is 1. The summed E-state index contributed by atoms with van der Waals surface area (Å²) in [4.78, 5) is 15.8. The zero-order valence-corrected chi connectivity index (χ0v) is 13.2. The van der Waals surface area contributed by atoms with E-state index in [1.54, 1.807) is 0 Å². The Kier molecular flexibility index (Phi) is 4.91. The molecule has 0 aromatic heterocycles. The zero-order valence-electron chi connectivity index (χ0n) is 13.2. The summed E-state index contributed by atoms with van der Waals surface area (Å²) in [6.45, 7) is 1.50. The SMILES string of the molecule is N/C(=C(/C=O)C1=NCCCN1)c1ccc(Oc2ccccc2)cc1. The van der Waals surface area contributed by atoms with Crippen molar-refractivity contribution in [2.45, 2.75) is 6.42 Å². The Morgan fingerprint density at radius 2 is 1.79 bits per heavy atom. The van der Waals surface area contributed by atoms with Crippen LogP contribution in [-0.4, -0.2) is 25.2 Å². The fourth-order valence-corrected chi connectivity index (χ4v) is 2.44. The number of rotatable bonds is 5. The summed E-state index contributed by atoms with van der Waals surface area (Å²) in [6, 6.07) is 16.9. The van der Waals surface area contributed by atoms with Crippen molar-refractivity contribution < 1.29 is 9.53 Å². The van der Waals surface area contributed by atoms with Crippen LogP contribution in [0, 0.1) is 0 Å². The van der Waals surface area contributed by atoms with Crippen LogP contribution in [0.4, 0.5) is 0 Å². The molecule has 0 saturated heterocycles. The van der Waals surface area contributed by atoms with E-state index < -0.39 is 0 Å². The topological polar surface area (TPSA) is 76.7 Å². The van der Waals surface area contributed by atoms with E-state index in [4.69, 9.17) is 10.5 Å². The van der Waals surface area contributed by atoms with E-state index in [1.807, 2.05) is 54.6 Å². The molecule has 24 heavy (non-hydrogen) atoms. The number of aliphatic imine (C=N–C) groups is 1. The van der Waals surface area contributed by atoms with Gasteiger partial charge in [0.2, 0.25) is 0 Å². The van der Waals surface area contributed by atoms with Crippen molar-refractivity contribution >= 4 is 17.8 Å². The van der Waals surface area contributed by atoms with Crippen LogP contribution in [-0.2, 0) is 4.79 Å². The van der Waals surface area contributed by atoms with E-state index >= 15 is 0 Å². The second-order valence-electron chi connectivity index (χ2n) is 5.40. The number of hydrogen-bond acceptors (Lipinski definition) is 5. The number of aldehydes is 1. The molecule has 5 heteroatoms. The van der Waals surface area contributed by atoms with Gasteiger partial charge in [0.1, 0.15) is 17.3 Å². The molecule has 0 saturated carbocycles. The maximum atomic E-state index is 11.4. The first kappa shape index (κ1) is 15.8. The van der Waals surface area contributed by atoms with Crippen LogP contribution in [0.1, 0.15) is 12.0 Å². The molecule has 1 aliphatic rings. The standard InChI is InChI=1S/C19H19N3O2/c20-18(17(13-23)19-21-11-4-12-22-19)14-7-9-16(10-8-14)24-15-5-2-1-3-6-15/h1-3,5-10,13H,4,11-12,20H2,(H,21,22)/b18-17-. The Labute approximate surface area is 140 Å². The molecule has 0 unspecified atom stereocenters. The highest BCUT2D eigenvalue weighted by Gasteiger charge is 2.14. The molecular weight excluding hydrogens is 302 g/mol. The second-order valence-corrected chi connectivity index (χ2v) is 5.40. The van der Waals surface area contributed by atoms with Gasteiger partial charge in [-0.15, -0.1) is 0 Å². The molecule has 0 atom stereocenters. The predicted octanol–water partition coefficient (Wildman–Crippen LogP) is 2.74. The number of nitrogens with zero attached hydrogens (tertiary/aromatic N) is 1. The fourth-order valence-electron chi connectivity index (χ4n) is 2.44. The zero-order chi connectivity index (χ0) is 16.8. The summed E-state index contributed by atoms with van der Waals surface area (Å²) in [6.07, 6.45) is 1.71. The Morgan fingerprint density at radius 1 is 1.08 bits per heavy atom. The maximum absolute atomic E-state index is 11.4. The number of amidine groups is 1. The van der Waals surface area contributed by atoms with E-state index in [9.17, 15) is 4.79 Å². The number of nitrogens with one attached hydrogen (secondary N) is 1. The summed E-state index contributed by atoms with van der Waals surface area (Å²) < 4.78 is 5.75. The number of carbonyl (C=O) groups excluding carboxylic acids is 1. The first-order chi connectivity index (χ1) is 11.8. The number of carbonyl (C=O) groups is 1. The molecular formula is C19H19N3O2. The van der Waals surface area contributed by atoms with E-state index in [-0.39, 0.29) is 0 Å². The fraction of sp³-hybridized carbons (Fsp3) is 0.158. The Hall–Kier alpha value is -3.08. The molecule has 0 fully saturated rings. The average Bonchev–Trinajstić information content (AvgIpc) is 2.65. The Morgan fingerprint density at radius 3 is 2.42 bits per heavy atom. The van der Waals surface area contributed by atoms with Gasteiger partial charge < -0.3 is 15.8 Å². The van der Waals surface area contributed by atoms with Crippen molar-refractivity contribution in [1.29, 1.82) is 0 Å². The van der Waals surface area contributed by atoms with E-state index in [0.717, 1.165) is 30.6 Å². The normalized spacial score (nSPS) is 14.9. The van der Waals surface area contributed by atoms with Crippen LogP contribution in [0.15, 0.2) is 65.2 Å². The molecule has 3 N–H and O–H groups in total. The van der Waals surface area contributed by atoms with E-state index in [1.165, 1.54) is 0 Å². The molecule has 122 valence electrons. The van der Waals surface area contributed by atoms with Gasteiger partial charge in [0.15, 0.2) is 6.29 Å². The monoisotopic (exact) mass is 321 g/mol. The molecule has 2 aromatic rings. The molecule has 0 bridgehead atoms. The third-order valence-electron chi connectivity index (χ3n) is 3.70. The van der Waals surface area contributed by atoms with Gasteiger partial charge in [0.25, 0.3) is 0 Å². The lowest BCUT2D eigenvalue weighted by atomic mass is 10.1.